The molecule has 0 spiro atoms. The Morgan fingerprint density at radius 2 is 2.25 bits per heavy atom. The number of carbonyl (C=O) groups excluding carboxylic acids is 1. The number of hydrogen-bond donors (Lipinski definition) is 0. The first-order chi connectivity index (χ1) is 5.90. The number of piperidine rings is 1. The van der Waals surface area contributed by atoms with Crippen molar-refractivity contribution in [1.82, 2.24) is 4.90 Å². The van der Waals surface area contributed by atoms with Crippen molar-refractivity contribution in [3.05, 3.63) is 0 Å². The molecule has 2 unspecified atom stereocenters. The van der Waals surface area contributed by atoms with Gasteiger partial charge in [-0.3, -0.25) is 0 Å². The fraction of sp³-hybridized carbons (Fsp3) is 0.889. The third-order valence-corrected chi connectivity index (χ3v) is 3.03. The van der Waals surface area contributed by atoms with E-state index in [1.807, 2.05) is 0 Å². The summed E-state index contributed by atoms with van der Waals surface area (Å²) >= 11 is 0. The normalized spacial score (nSPS) is 35.7. The van der Waals surface area contributed by atoms with E-state index in [2.05, 4.69) is 9.89 Å². The second-order valence-electron chi connectivity index (χ2n) is 3.73. The van der Waals surface area contributed by atoms with Crippen LogP contribution in [0.15, 0.2) is 4.99 Å². The first kappa shape index (κ1) is 7.96. The van der Waals surface area contributed by atoms with Crippen molar-refractivity contribution in [2.24, 2.45) is 4.99 Å². The molecule has 0 aromatic heterocycles. The van der Waals surface area contributed by atoms with Gasteiger partial charge in [0.2, 0.25) is 6.08 Å². The van der Waals surface area contributed by atoms with E-state index in [4.69, 9.17) is 0 Å². The van der Waals surface area contributed by atoms with E-state index < -0.39 is 0 Å². The number of hydrogen-bond acceptors (Lipinski definition) is 3. The van der Waals surface area contributed by atoms with Crippen LogP contribution in [0.4, 0.5) is 0 Å². The molecule has 66 valence electrons. The number of fused-ring (bicyclic) bond motifs is 1. The second kappa shape index (κ2) is 3.38. The summed E-state index contributed by atoms with van der Waals surface area (Å²) in [5.74, 6) is 0. The molecule has 0 radical (unpaired) electrons. The summed E-state index contributed by atoms with van der Waals surface area (Å²) in [6.45, 7) is 2.38. The molecular formula is C9H14N2O. The molecule has 0 N–H and O–H groups in total. The molecule has 2 atom stereocenters. The van der Waals surface area contributed by atoms with Gasteiger partial charge in [0, 0.05) is 12.6 Å². The zero-order valence-electron chi connectivity index (χ0n) is 7.20. The number of aliphatic imine (C=N–C) groups is 1. The topological polar surface area (TPSA) is 32.7 Å². The monoisotopic (exact) mass is 166 g/mol. The first-order valence-corrected chi connectivity index (χ1v) is 4.71. The van der Waals surface area contributed by atoms with E-state index in [1.165, 1.54) is 19.4 Å². The molecule has 2 heterocycles. The van der Waals surface area contributed by atoms with Gasteiger partial charge in [0.25, 0.3) is 0 Å². The van der Waals surface area contributed by atoms with Crippen molar-refractivity contribution < 1.29 is 4.79 Å². The maximum Gasteiger partial charge on any atom is 0.235 e. The summed E-state index contributed by atoms with van der Waals surface area (Å²) in [7, 11) is 0. The Kier molecular flexibility index (Phi) is 2.24. The lowest BCUT2D eigenvalue weighted by Gasteiger charge is -2.32. The van der Waals surface area contributed by atoms with Crippen LogP contribution in [0.5, 0.6) is 0 Å². The third kappa shape index (κ3) is 1.43. The van der Waals surface area contributed by atoms with Crippen molar-refractivity contribution in [3.8, 4) is 0 Å². The average Bonchev–Trinajstić information content (AvgIpc) is 2.51. The van der Waals surface area contributed by atoms with Crippen LogP contribution >= 0.6 is 0 Å². The minimum Gasteiger partial charge on any atom is -0.300 e. The van der Waals surface area contributed by atoms with Crippen LogP contribution in [0.25, 0.3) is 0 Å². The maximum atomic E-state index is 10.1. The molecule has 3 heteroatoms. The molecule has 0 aromatic carbocycles. The lowest BCUT2D eigenvalue weighted by atomic mass is 9.98. The van der Waals surface area contributed by atoms with Crippen LogP contribution in [-0.4, -0.2) is 36.2 Å². The predicted molar refractivity (Wildman–Crippen MR) is 45.7 cm³/mol. The van der Waals surface area contributed by atoms with Crippen molar-refractivity contribution in [2.45, 2.75) is 37.8 Å². The van der Waals surface area contributed by atoms with Gasteiger partial charge in [0.15, 0.2) is 0 Å². The fourth-order valence-corrected chi connectivity index (χ4v) is 2.39. The predicted octanol–water partition coefficient (Wildman–Crippen LogP) is 0.949. The van der Waals surface area contributed by atoms with Gasteiger partial charge in [-0.1, -0.05) is 0 Å². The van der Waals surface area contributed by atoms with Crippen LogP contribution in [0.1, 0.15) is 25.7 Å². The summed E-state index contributed by atoms with van der Waals surface area (Å²) in [5.41, 5.74) is 0. The maximum absolute atomic E-state index is 10.1. The van der Waals surface area contributed by atoms with Gasteiger partial charge >= 0.3 is 0 Å². The largest absolute Gasteiger partial charge is 0.300 e. The van der Waals surface area contributed by atoms with E-state index in [0.29, 0.717) is 6.04 Å². The van der Waals surface area contributed by atoms with E-state index in [-0.39, 0.29) is 6.04 Å². The van der Waals surface area contributed by atoms with Gasteiger partial charge in [0.05, 0.1) is 6.04 Å². The van der Waals surface area contributed by atoms with Crippen LogP contribution < -0.4 is 0 Å². The van der Waals surface area contributed by atoms with Crippen molar-refractivity contribution in [1.29, 1.82) is 0 Å². The molecule has 12 heavy (non-hydrogen) atoms. The molecule has 0 aromatic rings. The molecule has 2 aliphatic rings. The first-order valence-electron chi connectivity index (χ1n) is 4.71. The van der Waals surface area contributed by atoms with Gasteiger partial charge in [-0.15, -0.1) is 0 Å². The molecular weight excluding hydrogens is 152 g/mol. The molecule has 2 saturated heterocycles. The van der Waals surface area contributed by atoms with Crippen LogP contribution in [0.2, 0.25) is 0 Å². The summed E-state index contributed by atoms with van der Waals surface area (Å²) in [5, 5.41) is 0. The number of isocyanates is 1. The standard InChI is InChI=1S/C9H14N2O/c12-7-10-8-3-5-11-4-1-2-9(11)6-8/h8-9H,1-6H2. The third-order valence-electron chi connectivity index (χ3n) is 3.03. The van der Waals surface area contributed by atoms with Gasteiger partial charge in [-0.05, 0) is 32.2 Å². The lowest BCUT2D eigenvalue weighted by molar-refractivity contribution is 0.183. The average molecular weight is 166 g/mol. The second-order valence-corrected chi connectivity index (χ2v) is 3.73. The van der Waals surface area contributed by atoms with Crippen molar-refractivity contribution in [2.75, 3.05) is 13.1 Å². The summed E-state index contributed by atoms with van der Waals surface area (Å²) in [4.78, 5) is 16.4. The van der Waals surface area contributed by atoms with Crippen LogP contribution in [0.3, 0.4) is 0 Å². The quantitative estimate of drug-likeness (QED) is 0.429. The van der Waals surface area contributed by atoms with Gasteiger partial charge < -0.3 is 4.90 Å². The van der Waals surface area contributed by atoms with Gasteiger partial charge in [0.1, 0.15) is 0 Å². The molecule has 3 nitrogen and oxygen atoms in total. The van der Waals surface area contributed by atoms with Gasteiger partial charge in [-0.25, -0.2) is 9.79 Å². The number of rotatable bonds is 1. The summed E-state index contributed by atoms with van der Waals surface area (Å²) < 4.78 is 0. The summed E-state index contributed by atoms with van der Waals surface area (Å²) in [6.07, 6.45) is 6.42. The fourth-order valence-electron chi connectivity index (χ4n) is 2.39. The Bertz CT molecular complexity index is 211. The smallest absolute Gasteiger partial charge is 0.235 e. The zero-order chi connectivity index (χ0) is 8.39. The Labute approximate surface area is 72.5 Å². The highest BCUT2D eigenvalue weighted by Crippen LogP contribution is 2.27. The molecule has 2 rings (SSSR count). The van der Waals surface area contributed by atoms with E-state index in [1.54, 1.807) is 6.08 Å². The highest BCUT2D eigenvalue weighted by atomic mass is 16.1. The van der Waals surface area contributed by atoms with Crippen molar-refractivity contribution >= 4 is 6.08 Å². The Morgan fingerprint density at radius 1 is 1.33 bits per heavy atom. The zero-order valence-corrected chi connectivity index (χ0v) is 7.20. The lowest BCUT2D eigenvalue weighted by Crippen LogP contribution is -2.39. The van der Waals surface area contributed by atoms with Crippen LogP contribution in [-0.2, 0) is 4.79 Å². The summed E-state index contributed by atoms with van der Waals surface area (Å²) in [6, 6.07) is 0.975. The SMILES string of the molecule is O=C=NC1CCN2CCCC2C1. The molecule has 0 amide bonds. The Hall–Kier alpha value is -0.660. The van der Waals surface area contributed by atoms with E-state index in [0.717, 1.165) is 19.4 Å². The molecule has 2 fully saturated rings. The number of nitrogens with zero attached hydrogens (tertiary/aromatic N) is 2. The van der Waals surface area contributed by atoms with Gasteiger partial charge in [-0.2, -0.15) is 0 Å². The van der Waals surface area contributed by atoms with Crippen LogP contribution in [0, 0.1) is 0 Å². The minimum atomic E-state index is 0.266. The molecule has 0 saturated carbocycles. The Morgan fingerprint density at radius 3 is 3.08 bits per heavy atom. The van der Waals surface area contributed by atoms with E-state index >= 15 is 0 Å². The molecule has 2 aliphatic heterocycles. The highest BCUT2D eigenvalue weighted by molar-refractivity contribution is 5.33. The molecule has 0 aliphatic carbocycles. The molecule has 0 bridgehead atoms. The highest BCUT2D eigenvalue weighted by Gasteiger charge is 2.31. The Balaban J connectivity index is 1.96. The van der Waals surface area contributed by atoms with E-state index in [9.17, 15) is 4.79 Å². The van der Waals surface area contributed by atoms with Crippen molar-refractivity contribution in [3.63, 3.8) is 0 Å². The minimum absolute atomic E-state index is 0.266.